The fourth-order valence-electron chi connectivity index (χ4n) is 1.46. The summed E-state index contributed by atoms with van der Waals surface area (Å²) in [5, 5.41) is 0. The van der Waals surface area contributed by atoms with Gasteiger partial charge >= 0.3 is 0 Å². The zero-order valence-corrected chi connectivity index (χ0v) is 9.52. The topological polar surface area (TPSA) is 18.5 Å². The maximum absolute atomic E-state index is 5.44. The highest BCUT2D eigenvalue weighted by atomic mass is 16.6. The molecule has 16 heavy (non-hydrogen) atoms. The van der Waals surface area contributed by atoms with Gasteiger partial charge in [-0.2, -0.15) is 0 Å². The Morgan fingerprint density at radius 3 is 0.938 bits per heavy atom. The molecule has 0 aromatic heterocycles. The molecule has 86 valence electrons. The van der Waals surface area contributed by atoms with E-state index in [-0.39, 0.29) is 0 Å². The van der Waals surface area contributed by atoms with Crippen molar-refractivity contribution >= 4 is 0 Å². The highest BCUT2D eigenvalue weighted by molar-refractivity contribution is 5.33. The molecule has 0 aromatic carbocycles. The predicted octanol–water partition coefficient (Wildman–Crippen LogP) is 3.53. The van der Waals surface area contributed by atoms with E-state index in [0.29, 0.717) is 0 Å². The van der Waals surface area contributed by atoms with Gasteiger partial charge in [0.05, 0.1) is 12.5 Å². The maximum Gasteiger partial charge on any atom is 0.190 e. The van der Waals surface area contributed by atoms with E-state index in [0.717, 1.165) is 0 Å². The van der Waals surface area contributed by atoms with E-state index >= 15 is 0 Å². The summed E-state index contributed by atoms with van der Waals surface area (Å²) in [4.78, 5) is 0. The van der Waals surface area contributed by atoms with Crippen LogP contribution in [0.25, 0.3) is 0 Å². The first kappa shape index (κ1) is 14.0. The molecular weight excluding hydrogens is 200 g/mol. The number of rotatable bonds is 9. The second-order valence-electron chi connectivity index (χ2n) is 2.97. The highest BCUT2D eigenvalue weighted by Crippen LogP contribution is 2.35. The molecule has 0 aromatic rings. The lowest BCUT2D eigenvalue weighted by Gasteiger charge is -2.41. The van der Waals surface area contributed by atoms with Crippen molar-refractivity contribution in [2.45, 2.75) is 11.2 Å². The molecule has 0 saturated carbocycles. The molecule has 0 unspecified atom stereocenters. The number of hydrogen-bond donors (Lipinski definition) is 0. The summed E-state index contributed by atoms with van der Waals surface area (Å²) >= 11 is 0. The largest absolute Gasteiger partial charge is 0.482 e. The summed E-state index contributed by atoms with van der Waals surface area (Å²) in [5.74, 6) is 0. The van der Waals surface area contributed by atoms with Crippen LogP contribution in [0.15, 0.2) is 76.3 Å². The number of hydrogen-bond acceptors (Lipinski definition) is 2. The Morgan fingerprint density at radius 1 is 0.562 bits per heavy atom. The lowest BCUT2D eigenvalue weighted by molar-refractivity contribution is -0.0452. The maximum atomic E-state index is 5.44. The van der Waals surface area contributed by atoms with Gasteiger partial charge in [0.25, 0.3) is 0 Å². The first-order chi connectivity index (χ1) is 7.61. The van der Waals surface area contributed by atoms with Gasteiger partial charge < -0.3 is 9.47 Å². The van der Waals surface area contributed by atoms with Crippen LogP contribution in [0.2, 0.25) is 0 Å². The zero-order chi connectivity index (χ0) is 12.7. The molecule has 0 fully saturated rings. The van der Waals surface area contributed by atoms with Gasteiger partial charge in [0, 0.05) is 0 Å². The Balaban J connectivity index is 5.73. The molecule has 0 aliphatic carbocycles. The quantitative estimate of drug-likeness (QED) is 0.435. The molecule has 0 heterocycles. The first-order valence-electron chi connectivity index (χ1n) is 4.73. The first-order valence-corrected chi connectivity index (χ1v) is 4.73. The fourth-order valence-corrected chi connectivity index (χ4v) is 1.46. The third-order valence-corrected chi connectivity index (χ3v) is 2.38. The predicted molar refractivity (Wildman–Crippen MR) is 68.8 cm³/mol. The molecule has 2 nitrogen and oxygen atoms in total. The van der Waals surface area contributed by atoms with Gasteiger partial charge in [-0.25, -0.2) is 0 Å². The summed E-state index contributed by atoms with van der Waals surface area (Å²) < 4.78 is 10.9. The molecule has 0 aliphatic rings. The van der Waals surface area contributed by atoms with E-state index < -0.39 is 11.2 Å². The van der Waals surface area contributed by atoms with Gasteiger partial charge in [-0.1, -0.05) is 39.5 Å². The minimum Gasteiger partial charge on any atom is -0.482 e. The molecule has 0 saturated heterocycles. The molecule has 0 aliphatic heterocycles. The van der Waals surface area contributed by atoms with Crippen molar-refractivity contribution in [2.75, 3.05) is 0 Å². The highest BCUT2D eigenvalue weighted by Gasteiger charge is 2.47. The van der Waals surface area contributed by atoms with Crippen LogP contribution in [0, 0.1) is 0 Å². The van der Waals surface area contributed by atoms with E-state index in [1.165, 1.54) is 12.5 Å². The Hall–Kier alpha value is -1.96. The van der Waals surface area contributed by atoms with Crippen LogP contribution < -0.4 is 0 Å². The second kappa shape index (κ2) is 5.81. The lowest BCUT2D eigenvalue weighted by Crippen LogP contribution is -2.50. The average molecular weight is 218 g/mol. The van der Waals surface area contributed by atoms with Crippen molar-refractivity contribution in [3.63, 3.8) is 0 Å². The Kier molecular flexibility index (Phi) is 5.10. The molecule has 2 heteroatoms. The molecule has 0 atom stereocenters. The van der Waals surface area contributed by atoms with Crippen LogP contribution >= 0.6 is 0 Å². The molecular formula is C14H18O2. The van der Waals surface area contributed by atoms with E-state index in [9.17, 15) is 0 Å². The van der Waals surface area contributed by atoms with Crippen LogP contribution in [0.3, 0.4) is 0 Å². The van der Waals surface area contributed by atoms with Crippen LogP contribution in [0.1, 0.15) is 0 Å². The lowest BCUT2D eigenvalue weighted by atomic mass is 9.82. The smallest absolute Gasteiger partial charge is 0.190 e. The van der Waals surface area contributed by atoms with Gasteiger partial charge in [-0.3, -0.25) is 0 Å². The second-order valence-corrected chi connectivity index (χ2v) is 2.97. The van der Waals surface area contributed by atoms with Crippen molar-refractivity contribution in [3.8, 4) is 0 Å². The Bertz CT molecular complexity index is 265. The van der Waals surface area contributed by atoms with Gasteiger partial charge in [-0.05, 0) is 24.3 Å². The van der Waals surface area contributed by atoms with Gasteiger partial charge in [0.15, 0.2) is 11.2 Å². The minimum atomic E-state index is -1.02. The van der Waals surface area contributed by atoms with Crippen LogP contribution in [0.4, 0.5) is 0 Å². The molecule has 0 radical (unpaired) electrons. The molecule has 0 spiro atoms. The summed E-state index contributed by atoms with van der Waals surface area (Å²) in [7, 11) is 0. The van der Waals surface area contributed by atoms with Crippen molar-refractivity contribution < 1.29 is 9.47 Å². The van der Waals surface area contributed by atoms with Gasteiger partial charge in [0.2, 0.25) is 0 Å². The van der Waals surface area contributed by atoms with E-state index in [1.54, 1.807) is 24.3 Å². The van der Waals surface area contributed by atoms with E-state index in [1.807, 2.05) is 0 Å². The fraction of sp³-hybridized carbons (Fsp3) is 0.143. The molecule has 0 amide bonds. The monoisotopic (exact) mass is 218 g/mol. The van der Waals surface area contributed by atoms with Crippen molar-refractivity contribution in [1.82, 2.24) is 0 Å². The van der Waals surface area contributed by atoms with Crippen molar-refractivity contribution in [1.29, 1.82) is 0 Å². The summed E-state index contributed by atoms with van der Waals surface area (Å²) in [6.45, 7) is 21.9. The van der Waals surface area contributed by atoms with Crippen molar-refractivity contribution in [3.05, 3.63) is 76.3 Å². The third kappa shape index (κ3) is 2.01. The zero-order valence-electron chi connectivity index (χ0n) is 9.52. The van der Waals surface area contributed by atoms with Crippen LogP contribution in [0.5, 0.6) is 0 Å². The van der Waals surface area contributed by atoms with E-state index in [2.05, 4.69) is 39.5 Å². The van der Waals surface area contributed by atoms with E-state index in [4.69, 9.17) is 9.47 Å². The van der Waals surface area contributed by atoms with Crippen LogP contribution in [-0.2, 0) is 9.47 Å². The van der Waals surface area contributed by atoms with Gasteiger partial charge in [0.1, 0.15) is 0 Å². The summed E-state index contributed by atoms with van der Waals surface area (Å²) in [6, 6.07) is 0. The van der Waals surface area contributed by atoms with Crippen LogP contribution in [-0.4, -0.2) is 11.2 Å². The molecule has 0 rings (SSSR count). The third-order valence-electron chi connectivity index (χ3n) is 2.38. The molecule has 0 bridgehead atoms. The minimum absolute atomic E-state index is 1.02. The normalized spacial score (nSPS) is 10.8. The Morgan fingerprint density at radius 2 is 0.812 bits per heavy atom. The summed E-state index contributed by atoms with van der Waals surface area (Å²) in [5.41, 5.74) is -2.04. The average Bonchev–Trinajstić information content (AvgIpc) is 2.33. The standard InChI is InChI=1S/C14H18O2/c1-7-13(8-2,15-11-5)14(9-3,10-4)16-12-6/h7-12H,1-6H2. The number of ether oxygens (including phenoxy) is 2. The van der Waals surface area contributed by atoms with Gasteiger partial charge in [-0.15, -0.1) is 0 Å². The molecule has 0 N–H and O–H groups in total. The summed E-state index contributed by atoms with van der Waals surface area (Å²) in [6.07, 6.45) is 8.78. The van der Waals surface area contributed by atoms with Crippen molar-refractivity contribution in [2.24, 2.45) is 0 Å². The Labute approximate surface area is 97.6 Å². The SMILES string of the molecule is C=COC(C=C)(C=C)C(C=C)(C=C)OC=C.